The van der Waals surface area contributed by atoms with E-state index in [9.17, 15) is 19.0 Å². The number of ether oxygens (including phenoxy) is 1. The zero-order valence-electron chi connectivity index (χ0n) is 51.9. The van der Waals surface area contributed by atoms with Crippen molar-refractivity contribution in [3.8, 4) is 0 Å². The predicted molar refractivity (Wildman–Crippen MR) is 335 cm³/mol. The maximum atomic E-state index is 13.5. The van der Waals surface area contributed by atoms with Crippen molar-refractivity contribution in [2.24, 2.45) is 0 Å². The molecular weight excluding hydrogens is 988 g/mol. The second-order valence-electron chi connectivity index (χ2n) is 23.3. The molecule has 0 aliphatic heterocycles. The Morgan fingerprint density at radius 2 is 0.821 bits per heavy atom. The minimum absolute atomic E-state index is 0.0266. The normalized spacial score (nSPS) is 14.1. The van der Waals surface area contributed by atoms with E-state index in [0.717, 1.165) is 103 Å². The quantitative estimate of drug-likeness (QED) is 0.0161. The average molecular weight is 1110 g/mol. The fourth-order valence-corrected chi connectivity index (χ4v) is 10.0. The van der Waals surface area contributed by atoms with E-state index in [4.69, 9.17) is 13.8 Å². The van der Waals surface area contributed by atoms with Crippen LogP contribution in [0.5, 0.6) is 0 Å². The van der Waals surface area contributed by atoms with Gasteiger partial charge in [0.05, 0.1) is 33.8 Å². The fraction of sp³-hybridized carbons (Fsp3) is 0.794. The lowest BCUT2D eigenvalue weighted by Crippen LogP contribution is -2.47. The number of phosphoric acid groups is 1. The van der Waals surface area contributed by atoms with Crippen LogP contribution in [0.4, 0.5) is 0 Å². The highest BCUT2D eigenvalue weighted by Crippen LogP contribution is 2.38. The van der Waals surface area contributed by atoms with Gasteiger partial charge in [0.2, 0.25) is 5.91 Å². The number of unbranched alkanes of at least 4 members (excludes halogenated alkanes) is 34. The van der Waals surface area contributed by atoms with Crippen LogP contribution >= 0.6 is 7.82 Å². The first kappa shape index (κ1) is 75.5. The van der Waals surface area contributed by atoms with E-state index in [1.165, 1.54) is 161 Å². The topological polar surface area (TPSA) is 114 Å². The van der Waals surface area contributed by atoms with E-state index in [0.29, 0.717) is 17.4 Å². The number of esters is 1. The molecule has 78 heavy (non-hydrogen) atoms. The van der Waals surface area contributed by atoms with Gasteiger partial charge in [-0.15, -0.1) is 0 Å². The van der Waals surface area contributed by atoms with E-state index in [2.05, 4.69) is 86.8 Å². The van der Waals surface area contributed by atoms with Crippen LogP contribution in [0.15, 0.2) is 72.9 Å². The molecule has 454 valence electrons. The summed E-state index contributed by atoms with van der Waals surface area (Å²) in [5.74, 6) is -0.552. The Morgan fingerprint density at radius 3 is 1.27 bits per heavy atom. The molecule has 1 N–H and O–H groups in total. The average Bonchev–Trinajstić information content (AvgIpc) is 3.40. The summed E-state index contributed by atoms with van der Waals surface area (Å²) in [4.78, 5) is 40.0. The van der Waals surface area contributed by atoms with Gasteiger partial charge >= 0.3 is 5.97 Å². The maximum Gasteiger partial charge on any atom is 0.306 e. The number of amides is 1. The van der Waals surface area contributed by atoms with E-state index < -0.39 is 26.6 Å². The lowest BCUT2D eigenvalue weighted by molar-refractivity contribution is -0.870. The van der Waals surface area contributed by atoms with Gasteiger partial charge in [-0.2, -0.15) is 0 Å². The number of carbonyl (C=O) groups is 2. The molecule has 0 saturated carbocycles. The molecule has 3 unspecified atom stereocenters. The van der Waals surface area contributed by atoms with Crippen molar-refractivity contribution in [3.05, 3.63) is 72.9 Å². The van der Waals surface area contributed by atoms with Gasteiger partial charge in [-0.05, 0) is 96.0 Å². The molecule has 0 aromatic rings. The summed E-state index contributed by atoms with van der Waals surface area (Å²) in [5, 5.41) is 3.02. The highest BCUT2D eigenvalue weighted by molar-refractivity contribution is 7.45. The Hall–Kier alpha value is -2.55. The molecule has 0 radical (unpaired) electrons. The monoisotopic (exact) mass is 1110 g/mol. The molecule has 0 saturated heterocycles. The van der Waals surface area contributed by atoms with Gasteiger partial charge in [0.15, 0.2) is 0 Å². The number of nitrogens with one attached hydrogen (secondary N) is 1. The van der Waals surface area contributed by atoms with Crippen LogP contribution in [0.1, 0.15) is 297 Å². The predicted octanol–water partition coefficient (Wildman–Crippen LogP) is 19.8. The first-order valence-corrected chi connectivity index (χ1v) is 34.2. The molecule has 0 aliphatic carbocycles. The molecule has 9 nitrogen and oxygen atoms in total. The van der Waals surface area contributed by atoms with Crippen LogP contribution in [0.25, 0.3) is 0 Å². The third-order valence-electron chi connectivity index (χ3n) is 14.4. The number of hydrogen-bond acceptors (Lipinski definition) is 7. The number of allylic oxidation sites excluding steroid dienone is 11. The number of quaternary nitrogens is 1. The van der Waals surface area contributed by atoms with Crippen molar-refractivity contribution in [2.75, 3.05) is 40.9 Å². The summed E-state index contributed by atoms with van der Waals surface area (Å²) in [5.41, 5.74) is 0. The Bertz CT molecular complexity index is 1570. The van der Waals surface area contributed by atoms with Gasteiger partial charge in [0, 0.05) is 12.8 Å². The Labute approximate surface area is 483 Å². The van der Waals surface area contributed by atoms with Crippen LogP contribution in [-0.2, 0) is 27.9 Å². The largest absolute Gasteiger partial charge is 0.756 e. The number of hydrogen-bond donors (Lipinski definition) is 1. The van der Waals surface area contributed by atoms with Crippen molar-refractivity contribution in [3.63, 3.8) is 0 Å². The molecule has 3 atom stereocenters. The summed E-state index contributed by atoms with van der Waals surface area (Å²) < 4.78 is 30.3. The molecule has 0 heterocycles. The number of carbonyl (C=O) groups excluding carboxylic acids is 2. The zero-order chi connectivity index (χ0) is 57.2. The first-order chi connectivity index (χ1) is 37.9. The van der Waals surface area contributed by atoms with Crippen LogP contribution < -0.4 is 10.2 Å². The minimum Gasteiger partial charge on any atom is -0.756 e. The first-order valence-electron chi connectivity index (χ1n) is 32.8. The Morgan fingerprint density at radius 1 is 0.462 bits per heavy atom. The van der Waals surface area contributed by atoms with Crippen molar-refractivity contribution in [1.82, 2.24) is 5.32 Å². The highest BCUT2D eigenvalue weighted by Gasteiger charge is 2.27. The van der Waals surface area contributed by atoms with E-state index in [1.54, 1.807) is 0 Å². The Balaban J connectivity index is 5.12. The molecule has 0 rings (SSSR count). The summed E-state index contributed by atoms with van der Waals surface area (Å²) in [7, 11) is 1.17. The SMILES string of the molecule is CCCCC/C=C\C/C=C\C/C=C\CCCCCCCCCCCCCCC(=O)OC(/C=C\CCCCCCCCCCCC)C(COP(=O)([O-])OCC[N+](C)(C)C)NC(=O)CCCCCCCC/C=C/C=C/CCCCC. The third kappa shape index (κ3) is 58.1. The van der Waals surface area contributed by atoms with Crippen LogP contribution in [0.3, 0.4) is 0 Å². The van der Waals surface area contributed by atoms with Crippen LogP contribution in [-0.4, -0.2) is 69.4 Å². The maximum absolute atomic E-state index is 13.5. The Kier molecular flexibility index (Phi) is 55.8. The van der Waals surface area contributed by atoms with Gasteiger partial charge < -0.3 is 28.5 Å². The number of phosphoric ester groups is 1. The van der Waals surface area contributed by atoms with Crippen molar-refractivity contribution < 1.29 is 37.3 Å². The van der Waals surface area contributed by atoms with Gasteiger partial charge in [-0.25, -0.2) is 0 Å². The molecule has 0 aromatic carbocycles. The molecule has 0 bridgehead atoms. The molecule has 0 spiro atoms. The van der Waals surface area contributed by atoms with E-state index >= 15 is 0 Å². The van der Waals surface area contributed by atoms with Crippen molar-refractivity contribution >= 4 is 19.7 Å². The second kappa shape index (κ2) is 57.7. The number of likely N-dealkylation sites (N-methyl/N-ethyl adjacent to an activating group) is 1. The van der Waals surface area contributed by atoms with Gasteiger partial charge in [0.25, 0.3) is 7.82 Å². The molecule has 1 amide bonds. The van der Waals surface area contributed by atoms with E-state index in [1.807, 2.05) is 33.3 Å². The van der Waals surface area contributed by atoms with Crippen molar-refractivity contribution in [2.45, 2.75) is 309 Å². The third-order valence-corrected chi connectivity index (χ3v) is 15.4. The van der Waals surface area contributed by atoms with Crippen molar-refractivity contribution in [1.29, 1.82) is 0 Å². The fourth-order valence-electron chi connectivity index (χ4n) is 9.29. The molecular formula is C68H125N2O7P. The summed E-state index contributed by atoms with van der Waals surface area (Å²) >= 11 is 0. The molecule has 0 aliphatic rings. The van der Waals surface area contributed by atoms with Gasteiger partial charge in [-0.1, -0.05) is 261 Å². The lowest BCUT2D eigenvalue weighted by Gasteiger charge is -2.30. The summed E-state index contributed by atoms with van der Waals surface area (Å²) in [6.45, 7) is 6.79. The minimum atomic E-state index is -4.70. The van der Waals surface area contributed by atoms with Crippen LogP contribution in [0, 0.1) is 0 Å². The number of rotatable bonds is 59. The zero-order valence-corrected chi connectivity index (χ0v) is 52.8. The molecule has 0 fully saturated rings. The smallest absolute Gasteiger partial charge is 0.306 e. The second-order valence-corrected chi connectivity index (χ2v) is 24.7. The summed E-state index contributed by atoms with van der Waals surface area (Å²) in [6.07, 6.45) is 74.4. The molecule has 0 aromatic heterocycles. The number of nitrogens with zero attached hydrogens (tertiary/aromatic N) is 1. The lowest BCUT2D eigenvalue weighted by atomic mass is 10.0. The van der Waals surface area contributed by atoms with Crippen LogP contribution in [0.2, 0.25) is 0 Å². The van der Waals surface area contributed by atoms with Gasteiger partial charge in [-0.3, -0.25) is 14.2 Å². The standard InChI is InChI=1S/C68H125N2O7P/c1-7-10-13-16-19-22-25-28-30-31-32-33-34-35-36-37-38-39-41-43-46-49-52-55-58-61-68(72)77-66(59-56-53-50-47-44-27-24-21-18-15-12-9-3)65(64-76-78(73,74)75-63-62-70(4,5)6)69-67(71)60-57-54-51-48-45-42-40-29-26-23-20-17-14-11-8-2/h19-20,22-23,26,28-30,32-33,56,59,65-66H,7-18,21,24-25,27,31,34-55,57-58,60-64H2,1-6H3,(H-,69,71,73,74)/b22-19-,23-20+,29-26+,30-28-,33-32-,59-56-. The highest BCUT2D eigenvalue weighted by atomic mass is 31.2. The van der Waals surface area contributed by atoms with Gasteiger partial charge in [0.1, 0.15) is 19.3 Å². The molecule has 10 heteroatoms. The summed E-state index contributed by atoms with van der Waals surface area (Å²) in [6, 6.07) is -0.897. The van der Waals surface area contributed by atoms with E-state index in [-0.39, 0.29) is 24.9 Å².